The van der Waals surface area contributed by atoms with E-state index in [9.17, 15) is 9.59 Å². The smallest absolute Gasteiger partial charge is 0.237 e. The van der Waals surface area contributed by atoms with E-state index in [1.54, 1.807) is 0 Å². The first kappa shape index (κ1) is 14.9. The van der Waals surface area contributed by atoms with E-state index in [1.807, 2.05) is 6.92 Å². The zero-order valence-electron chi connectivity index (χ0n) is 10.1. The zero-order valence-corrected chi connectivity index (χ0v) is 10.1. The van der Waals surface area contributed by atoms with Crippen LogP contribution in [0.15, 0.2) is 0 Å². The molecule has 0 atom stereocenters. The van der Waals surface area contributed by atoms with Gasteiger partial charge in [0, 0.05) is 13.0 Å². The molecule has 94 valence electrons. The number of carbonyl (C=O) groups excluding carboxylic acids is 2. The van der Waals surface area contributed by atoms with E-state index in [0.29, 0.717) is 19.5 Å². The summed E-state index contributed by atoms with van der Waals surface area (Å²) in [5.41, 5.74) is 10.4. The summed E-state index contributed by atoms with van der Waals surface area (Å²) in [5, 5.41) is 0. The highest BCUT2D eigenvalue weighted by atomic mass is 16.2. The number of nitrogens with two attached hydrogens (primary N) is 2. The van der Waals surface area contributed by atoms with Crippen molar-refractivity contribution in [2.75, 3.05) is 19.6 Å². The Bertz CT molecular complexity index is 219. The van der Waals surface area contributed by atoms with E-state index in [-0.39, 0.29) is 12.5 Å². The lowest BCUT2D eigenvalue weighted by Gasteiger charge is -2.18. The van der Waals surface area contributed by atoms with Crippen LogP contribution in [0.25, 0.3) is 0 Å². The Morgan fingerprint density at radius 3 is 2.25 bits per heavy atom. The van der Waals surface area contributed by atoms with Gasteiger partial charge < -0.3 is 16.4 Å². The van der Waals surface area contributed by atoms with Gasteiger partial charge in [-0.2, -0.15) is 0 Å². The van der Waals surface area contributed by atoms with Gasteiger partial charge in [0.15, 0.2) is 0 Å². The van der Waals surface area contributed by atoms with Crippen molar-refractivity contribution >= 4 is 11.8 Å². The minimum Gasteiger partial charge on any atom is -0.368 e. The summed E-state index contributed by atoms with van der Waals surface area (Å²) >= 11 is 0. The highest BCUT2D eigenvalue weighted by molar-refractivity contribution is 5.83. The molecule has 5 nitrogen and oxygen atoms in total. The number of hydrogen-bond donors (Lipinski definition) is 2. The molecule has 0 rings (SSSR count). The normalized spacial score (nSPS) is 10.1. The van der Waals surface area contributed by atoms with Crippen molar-refractivity contribution in [1.82, 2.24) is 4.90 Å². The van der Waals surface area contributed by atoms with Crippen molar-refractivity contribution in [2.45, 2.75) is 39.0 Å². The van der Waals surface area contributed by atoms with Crippen LogP contribution in [0.2, 0.25) is 0 Å². The first-order valence-electron chi connectivity index (χ1n) is 5.88. The van der Waals surface area contributed by atoms with Crippen molar-refractivity contribution in [2.24, 2.45) is 11.5 Å². The zero-order chi connectivity index (χ0) is 12.4. The monoisotopic (exact) mass is 229 g/mol. The molecule has 0 bridgehead atoms. The number of hydrogen-bond acceptors (Lipinski definition) is 3. The fourth-order valence-corrected chi connectivity index (χ4v) is 1.50. The molecule has 0 aliphatic heterocycles. The molecule has 0 aromatic rings. The lowest BCUT2D eigenvalue weighted by molar-refractivity contribution is -0.135. The van der Waals surface area contributed by atoms with Gasteiger partial charge in [0.05, 0.1) is 6.54 Å². The average Bonchev–Trinajstić information content (AvgIpc) is 2.25. The summed E-state index contributed by atoms with van der Waals surface area (Å²) in [4.78, 5) is 23.8. The number of amides is 2. The number of nitrogens with zero attached hydrogens (tertiary/aromatic N) is 1. The molecular weight excluding hydrogens is 206 g/mol. The average molecular weight is 229 g/mol. The maximum Gasteiger partial charge on any atom is 0.237 e. The number of rotatable bonds is 9. The standard InChI is InChI=1S/C11H23N3O2/c1-2-14(9-10(13)15)11(16)7-5-3-4-6-8-12/h2-9,12H2,1H3,(H2,13,15). The Morgan fingerprint density at radius 1 is 1.12 bits per heavy atom. The first-order valence-corrected chi connectivity index (χ1v) is 5.88. The lowest BCUT2D eigenvalue weighted by Crippen LogP contribution is -2.38. The molecule has 0 aliphatic rings. The molecule has 0 saturated heterocycles. The van der Waals surface area contributed by atoms with Crippen LogP contribution in [0.3, 0.4) is 0 Å². The molecular formula is C11H23N3O2. The van der Waals surface area contributed by atoms with Gasteiger partial charge in [0.1, 0.15) is 0 Å². The van der Waals surface area contributed by atoms with E-state index in [4.69, 9.17) is 11.5 Å². The largest absolute Gasteiger partial charge is 0.368 e. The maximum atomic E-state index is 11.6. The van der Waals surface area contributed by atoms with E-state index in [1.165, 1.54) is 4.90 Å². The van der Waals surface area contributed by atoms with Gasteiger partial charge in [0.25, 0.3) is 0 Å². The Balaban J connectivity index is 3.71. The van der Waals surface area contributed by atoms with Crippen LogP contribution in [0.5, 0.6) is 0 Å². The Kier molecular flexibility index (Phi) is 8.52. The highest BCUT2D eigenvalue weighted by Crippen LogP contribution is 2.04. The van der Waals surface area contributed by atoms with Crippen LogP contribution < -0.4 is 11.5 Å². The number of carbonyl (C=O) groups is 2. The van der Waals surface area contributed by atoms with Crippen molar-refractivity contribution < 1.29 is 9.59 Å². The topological polar surface area (TPSA) is 89.4 Å². The summed E-state index contributed by atoms with van der Waals surface area (Å²) in [6, 6.07) is 0. The second kappa shape index (κ2) is 9.15. The number of likely N-dealkylation sites (N-methyl/N-ethyl adjacent to an activating group) is 1. The van der Waals surface area contributed by atoms with Crippen LogP contribution in [-0.4, -0.2) is 36.3 Å². The molecule has 0 spiro atoms. The third-order valence-corrected chi connectivity index (χ3v) is 2.43. The molecule has 16 heavy (non-hydrogen) atoms. The summed E-state index contributed by atoms with van der Waals surface area (Å²) in [7, 11) is 0. The molecule has 5 heteroatoms. The SMILES string of the molecule is CCN(CC(N)=O)C(=O)CCCCCCN. The van der Waals surface area contributed by atoms with Crippen LogP contribution in [0, 0.1) is 0 Å². The molecule has 0 aliphatic carbocycles. The molecule has 0 aromatic carbocycles. The predicted molar refractivity (Wildman–Crippen MR) is 63.6 cm³/mol. The van der Waals surface area contributed by atoms with E-state index in [2.05, 4.69) is 0 Å². The van der Waals surface area contributed by atoms with Gasteiger partial charge >= 0.3 is 0 Å². The van der Waals surface area contributed by atoms with Crippen molar-refractivity contribution in [3.05, 3.63) is 0 Å². The fraction of sp³-hybridized carbons (Fsp3) is 0.818. The predicted octanol–water partition coefficient (Wildman–Crippen LogP) is 0.229. The summed E-state index contributed by atoms with van der Waals surface area (Å²) in [5.74, 6) is -0.451. The third kappa shape index (κ3) is 7.23. The first-order chi connectivity index (χ1) is 7.61. The Hall–Kier alpha value is -1.10. The Morgan fingerprint density at radius 2 is 1.75 bits per heavy atom. The lowest BCUT2D eigenvalue weighted by atomic mass is 10.1. The molecule has 0 heterocycles. The van der Waals surface area contributed by atoms with Gasteiger partial charge in [-0.25, -0.2) is 0 Å². The molecule has 2 amide bonds. The van der Waals surface area contributed by atoms with E-state index < -0.39 is 5.91 Å². The minimum absolute atomic E-state index is 0.00838. The molecule has 0 radical (unpaired) electrons. The van der Waals surface area contributed by atoms with Crippen LogP contribution in [0.4, 0.5) is 0 Å². The van der Waals surface area contributed by atoms with Gasteiger partial charge in [-0.05, 0) is 26.3 Å². The minimum atomic E-state index is -0.460. The van der Waals surface area contributed by atoms with E-state index >= 15 is 0 Å². The second-order valence-corrected chi connectivity index (χ2v) is 3.83. The van der Waals surface area contributed by atoms with Gasteiger partial charge in [0.2, 0.25) is 11.8 Å². The van der Waals surface area contributed by atoms with Gasteiger partial charge in [-0.3, -0.25) is 9.59 Å². The number of primary amides is 1. The highest BCUT2D eigenvalue weighted by Gasteiger charge is 2.12. The molecule has 0 saturated carbocycles. The number of unbranched alkanes of at least 4 members (excludes halogenated alkanes) is 3. The quantitative estimate of drug-likeness (QED) is 0.555. The van der Waals surface area contributed by atoms with Crippen LogP contribution in [0.1, 0.15) is 39.0 Å². The third-order valence-electron chi connectivity index (χ3n) is 2.43. The van der Waals surface area contributed by atoms with Crippen molar-refractivity contribution in [3.63, 3.8) is 0 Å². The van der Waals surface area contributed by atoms with Crippen molar-refractivity contribution in [1.29, 1.82) is 0 Å². The Labute approximate surface area is 97.2 Å². The molecule has 0 unspecified atom stereocenters. The maximum absolute atomic E-state index is 11.6. The van der Waals surface area contributed by atoms with Crippen LogP contribution in [-0.2, 0) is 9.59 Å². The van der Waals surface area contributed by atoms with Crippen molar-refractivity contribution in [3.8, 4) is 0 Å². The second-order valence-electron chi connectivity index (χ2n) is 3.83. The van der Waals surface area contributed by atoms with Gasteiger partial charge in [-0.15, -0.1) is 0 Å². The molecule has 0 aromatic heterocycles. The van der Waals surface area contributed by atoms with Gasteiger partial charge in [-0.1, -0.05) is 12.8 Å². The fourth-order valence-electron chi connectivity index (χ4n) is 1.50. The summed E-state index contributed by atoms with van der Waals surface area (Å²) < 4.78 is 0. The van der Waals surface area contributed by atoms with E-state index in [0.717, 1.165) is 25.7 Å². The molecule has 0 fully saturated rings. The summed E-state index contributed by atoms with van der Waals surface area (Å²) in [6.45, 7) is 3.11. The molecule has 4 N–H and O–H groups in total. The van der Waals surface area contributed by atoms with Crippen LogP contribution >= 0.6 is 0 Å². The summed E-state index contributed by atoms with van der Waals surface area (Å²) in [6.07, 6.45) is 4.43.